The summed E-state index contributed by atoms with van der Waals surface area (Å²) in [6.45, 7) is 1.51. The minimum Gasteiger partial charge on any atom is -0.493 e. The Morgan fingerprint density at radius 1 is 0.433 bits per heavy atom. The topological polar surface area (TPSA) is 61.9 Å². The molecule has 3 saturated heterocycles. The van der Waals surface area contributed by atoms with Crippen LogP contribution in [-0.2, 0) is 44.6 Å². The average molecular weight is 799 g/mol. The summed E-state index contributed by atoms with van der Waals surface area (Å²) < 4.78 is 40.5. The van der Waals surface area contributed by atoms with Gasteiger partial charge in [0.1, 0.15) is 23.7 Å². The molecule has 11 rings (SSSR count). The molecule has 0 radical (unpaired) electrons. The fourth-order valence-corrected chi connectivity index (χ4v) is 11.9. The molecular weight excluding hydrogens is 749 g/mol. The minimum atomic E-state index is -0.889. The van der Waals surface area contributed by atoms with Crippen LogP contribution in [0.3, 0.4) is 0 Å². The van der Waals surface area contributed by atoms with Crippen molar-refractivity contribution in [2.24, 2.45) is 0 Å². The highest BCUT2D eigenvalue weighted by Crippen LogP contribution is 2.69. The maximum absolute atomic E-state index is 8.30. The Morgan fingerprint density at radius 2 is 0.750 bits per heavy atom. The van der Waals surface area contributed by atoms with Crippen molar-refractivity contribution < 1.29 is 28.4 Å². The van der Waals surface area contributed by atoms with Crippen LogP contribution in [0.2, 0.25) is 0 Å². The van der Waals surface area contributed by atoms with Crippen LogP contribution < -0.4 is 18.9 Å². The third-order valence-corrected chi connectivity index (χ3v) is 14.4. The van der Waals surface area contributed by atoms with Crippen molar-refractivity contribution >= 4 is 0 Å². The average Bonchev–Trinajstić information content (AvgIpc) is 3.80. The summed E-state index contributed by atoms with van der Waals surface area (Å²) in [6.07, 6.45) is 1.92. The van der Waals surface area contributed by atoms with E-state index in [0.29, 0.717) is 24.3 Å². The molecule has 0 spiro atoms. The highest BCUT2D eigenvalue weighted by atomic mass is 16.6. The molecule has 3 fully saturated rings. The summed E-state index contributed by atoms with van der Waals surface area (Å²) in [6, 6.07) is 52.3. The molecule has 6 atom stereocenters. The number of benzene rings is 6. The summed E-state index contributed by atoms with van der Waals surface area (Å²) in [5.74, 6) is 2.90. The van der Waals surface area contributed by atoms with Gasteiger partial charge in [0, 0.05) is 25.9 Å². The largest absolute Gasteiger partial charge is 0.493 e. The van der Waals surface area contributed by atoms with E-state index >= 15 is 0 Å². The second-order valence-electron chi connectivity index (χ2n) is 16.9. The van der Waals surface area contributed by atoms with Crippen molar-refractivity contribution in [3.05, 3.63) is 190 Å². The van der Waals surface area contributed by atoms with Crippen LogP contribution in [0.4, 0.5) is 0 Å². The maximum Gasteiger partial charge on any atom is 0.161 e. The number of hydrogen-bond acceptors (Lipinski definition) is 8. The first kappa shape index (κ1) is 37.4. The monoisotopic (exact) mass is 798 g/mol. The molecule has 304 valence electrons. The molecule has 5 heterocycles. The van der Waals surface area contributed by atoms with Gasteiger partial charge in [-0.1, -0.05) is 121 Å². The zero-order valence-electron chi connectivity index (χ0n) is 34.6. The van der Waals surface area contributed by atoms with Gasteiger partial charge in [0.15, 0.2) is 23.0 Å². The van der Waals surface area contributed by atoms with E-state index in [1.165, 1.54) is 33.4 Å². The second-order valence-corrected chi connectivity index (χ2v) is 16.9. The van der Waals surface area contributed by atoms with Gasteiger partial charge >= 0.3 is 0 Å². The number of methoxy groups -OCH3 is 4. The normalized spacial score (nSPS) is 28.9. The van der Waals surface area contributed by atoms with Gasteiger partial charge in [0.2, 0.25) is 0 Å². The van der Waals surface area contributed by atoms with Crippen LogP contribution in [0.25, 0.3) is 0 Å². The van der Waals surface area contributed by atoms with Gasteiger partial charge in [0.25, 0.3) is 0 Å². The van der Waals surface area contributed by atoms with Gasteiger partial charge in [0.05, 0.1) is 39.5 Å². The van der Waals surface area contributed by atoms with Crippen LogP contribution >= 0.6 is 0 Å². The maximum atomic E-state index is 8.30. The first-order valence-corrected chi connectivity index (χ1v) is 21.1. The van der Waals surface area contributed by atoms with Crippen LogP contribution in [0, 0.1) is 0 Å². The molecule has 0 bridgehead atoms. The van der Waals surface area contributed by atoms with E-state index in [9.17, 15) is 0 Å². The molecule has 60 heavy (non-hydrogen) atoms. The summed E-state index contributed by atoms with van der Waals surface area (Å²) in [4.78, 5) is 5.25. The molecule has 0 saturated carbocycles. The van der Waals surface area contributed by atoms with Crippen molar-refractivity contribution in [2.45, 2.75) is 60.4 Å². The molecule has 0 aromatic heterocycles. The van der Waals surface area contributed by atoms with Gasteiger partial charge in [-0.3, -0.25) is 9.80 Å². The van der Waals surface area contributed by atoms with Crippen molar-refractivity contribution in [3.63, 3.8) is 0 Å². The van der Waals surface area contributed by atoms with E-state index in [2.05, 4.69) is 155 Å². The lowest BCUT2D eigenvalue weighted by molar-refractivity contribution is -0.348. The van der Waals surface area contributed by atoms with Gasteiger partial charge in [-0.2, -0.15) is 0 Å². The van der Waals surface area contributed by atoms with Gasteiger partial charge < -0.3 is 28.4 Å². The van der Waals surface area contributed by atoms with E-state index in [4.69, 9.17) is 28.4 Å². The molecule has 8 heteroatoms. The molecule has 0 unspecified atom stereocenters. The van der Waals surface area contributed by atoms with Crippen LogP contribution in [0.1, 0.15) is 57.3 Å². The number of nitrogens with zero attached hydrogens (tertiary/aromatic N) is 2. The Hall–Kier alpha value is -5.64. The Balaban J connectivity index is 1.19. The lowest BCUT2D eigenvalue weighted by Crippen LogP contribution is -2.64. The standard InChI is InChI=1S/C52H50N2O6/c1-55-43-29-35-25-27-53-47-51(39-21-13-7-14-22-39,33-49(53,37-17-9-5-10-18-37)41(35)31-45(43)57-3)60-48-52(59-47,40-23-15-8-16-24-40)34-50(38-19-11-6-12-20-38)42-32-46(58-4)44(56-2)30-36(42)26-28-54(48)50/h5-24,29-32,47-48H,25-28,33-34H2,1-4H3/t47-,48-,49+,50+,51+,52+/m0/s1. The van der Waals surface area contributed by atoms with Crippen molar-refractivity contribution in [1.29, 1.82) is 0 Å². The van der Waals surface area contributed by atoms with Gasteiger partial charge in [-0.25, -0.2) is 0 Å². The lowest BCUT2D eigenvalue weighted by Gasteiger charge is -2.54. The predicted molar refractivity (Wildman–Crippen MR) is 230 cm³/mol. The Morgan fingerprint density at radius 3 is 1.08 bits per heavy atom. The minimum absolute atomic E-state index is 0.475. The number of ether oxygens (including phenoxy) is 6. The fraction of sp³-hybridized carbons (Fsp3) is 0.308. The van der Waals surface area contributed by atoms with E-state index < -0.39 is 34.7 Å². The van der Waals surface area contributed by atoms with Crippen molar-refractivity contribution in [3.8, 4) is 23.0 Å². The first-order valence-electron chi connectivity index (χ1n) is 21.1. The smallest absolute Gasteiger partial charge is 0.161 e. The molecule has 0 N–H and O–H groups in total. The first-order chi connectivity index (χ1) is 29.5. The van der Waals surface area contributed by atoms with Crippen LogP contribution in [-0.4, -0.2) is 63.8 Å². The highest BCUT2D eigenvalue weighted by Gasteiger charge is 2.75. The zero-order chi connectivity index (χ0) is 40.7. The third kappa shape index (κ3) is 4.99. The lowest BCUT2D eigenvalue weighted by atomic mass is 9.71. The molecule has 8 nitrogen and oxygen atoms in total. The van der Waals surface area contributed by atoms with Gasteiger partial charge in [-0.05, 0) is 81.6 Å². The third-order valence-electron chi connectivity index (χ3n) is 14.4. The highest BCUT2D eigenvalue weighted by molar-refractivity contribution is 5.59. The van der Waals surface area contributed by atoms with Crippen molar-refractivity contribution in [1.82, 2.24) is 9.80 Å². The molecule has 6 aromatic rings. The van der Waals surface area contributed by atoms with Crippen molar-refractivity contribution in [2.75, 3.05) is 41.5 Å². The molecule has 5 aliphatic heterocycles. The van der Waals surface area contributed by atoms with Crippen LogP contribution in [0.15, 0.2) is 146 Å². The van der Waals surface area contributed by atoms with Crippen LogP contribution in [0.5, 0.6) is 23.0 Å². The Labute approximate surface area is 352 Å². The summed E-state index contributed by atoms with van der Waals surface area (Å²) >= 11 is 0. The SMILES string of the molecule is COc1cc2c(cc1OC)[C@]1(c3ccccc3)C[C@]3(c4ccccc4)O[C@@H]4N5CCc6cc(OC)c(OC)cc6[C@]5(c5ccccc5)C[C@]4(c4ccccc4)O[C@@H]3N1CC2. The Kier molecular flexibility index (Phi) is 8.70. The molecule has 5 aliphatic rings. The molecular formula is C52H50N2O6. The number of fused-ring (bicyclic) bond motifs is 10. The van der Waals surface area contributed by atoms with E-state index in [1.807, 2.05) is 0 Å². The summed E-state index contributed by atoms with van der Waals surface area (Å²) in [5.41, 5.74) is 6.44. The van der Waals surface area contributed by atoms with Gasteiger partial charge in [-0.15, -0.1) is 0 Å². The Bertz CT molecular complexity index is 2380. The predicted octanol–water partition coefficient (Wildman–Crippen LogP) is 8.92. The second kappa shape index (κ2) is 14.0. The van der Waals surface area contributed by atoms with E-state index in [1.54, 1.807) is 28.4 Å². The number of hydrogen-bond donors (Lipinski definition) is 0. The molecule has 6 aromatic carbocycles. The summed E-state index contributed by atoms with van der Waals surface area (Å²) in [5, 5.41) is 0. The van der Waals surface area contributed by atoms with E-state index in [-0.39, 0.29) is 0 Å². The van der Waals surface area contributed by atoms with E-state index in [0.717, 1.165) is 48.6 Å². The quantitative estimate of drug-likeness (QED) is 0.151. The molecule has 0 amide bonds. The number of rotatable bonds is 8. The molecule has 0 aliphatic carbocycles. The summed E-state index contributed by atoms with van der Waals surface area (Å²) in [7, 11) is 6.87. The fourth-order valence-electron chi connectivity index (χ4n) is 11.9. The zero-order valence-corrected chi connectivity index (χ0v) is 34.6.